The molecule has 0 saturated heterocycles. The molecule has 0 unspecified atom stereocenters. The van der Waals surface area contributed by atoms with Gasteiger partial charge >= 0.3 is 0 Å². The van der Waals surface area contributed by atoms with Gasteiger partial charge in [-0.3, -0.25) is 4.79 Å². The minimum absolute atomic E-state index is 0.181. The Balaban J connectivity index is 2.50. The number of hydrogen-bond acceptors (Lipinski definition) is 1. The van der Waals surface area contributed by atoms with Crippen molar-refractivity contribution >= 4 is 5.78 Å². The predicted octanol–water partition coefficient (Wildman–Crippen LogP) is 2.64. The molecule has 2 rings (SSSR count). The Morgan fingerprint density at radius 2 is 2.08 bits per heavy atom. The van der Waals surface area contributed by atoms with Gasteiger partial charge in [0, 0.05) is 23.0 Å². The lowest BCUT2D eigenvalue weighted by molar-refractivity contribution is 0.101. The number of rotatable bonds is 2. The second-order valence-electron chi connectivity index (χ2n) is 3.94. The Hall–Kier alpha value is -1.05. The quantitative estimate of drug-likeness (QED) is 0.636. The molecule has 1 heterocycles. The highest BCUT2D eigenvalue weighted by atomic mass is 16.1. The lowest BCUT2D eigenvalue weighted by Crippen LogP contribution is -2.00. The average Bonchev–Trinajstić information content (AvgIpc) is 2.80. The van der Waals surface area contributed by atoms with Crippen molar-refractivity contribution < 1.29 is 4.79 Å². The summed E-state index contributed by atoms with van der Waals surface area (Å²) in [6.45, 7) is 5.76. The minimum Gasteiger partial charge on any atom is -0.345 e. The molecule has 70 valence electrons. The summed E-state index contributed by atoms with van der Waals surface area (Å²) >= 11 is 0. The van der Waals surface area contributed by atoms with Gasteiger partial charge in [0.1, 0.15) is 0 Å². The molecule has 0 amide bonds. The molecule has 1 fully saturated rings. The second-order valence-corrected chi connectivity index (χ2v) is 3.94. The monoisotopic (exact) mass is 177 g/mol. The van der Waals surface area contributed by atoms with E-state index in [1.807, 2.05) is 13.0 Å². The van der Waals surface area contributed by atoms with E-state index in [0.717, 1.165) is 11.3 Å². The van der Waals surface area contributed by atoms with E-state index in [4.69, 9.17) is 0 Å². The van der Waals surface area contributed by atoms with E-state index in [9.17, 15) is 4.79 Å². The van der Waals surface area contributed by atoms with Gasteiger partial charge in [-0.1, -0.05) is 0 Å². The maximum absolute atomic E-state index is 11.3. The molecule has 1 saturated carbocycles. The lowest BCUT2D eigenvalue weighted by Gasteiger charge is -2.06. The van der Waals surface area contributed by atoms with E-state index < -0.39 is 0 Å². The normalized spacial score (nSPS) is 16.2. The molecule has 1 aromatic rings. The summed E-state index contributed by atoms with van der Waals surface area (Å²) in [5.74, 6) is 0.181. The number of aryl methyl sites for hydroxylation is 1. The van der Waals surface area contributed by atoms with Crippen molar-refractivity contribution in [2.24, 2.45) is 0 Å². The van der Waals surface area contributed by atoms with Gasteiger partial charge in [-0.2, -0.15) is 0 Å². The standard InChI is InChI=1S/C11H15NO/c1-7-6-11(9(3)13)8(2)12(7)10-4-5-10/h6,10H,4-5H2,1-3H3. The summed E-state index contributed by atoms with van der Waals surface area (Å²) in [5, 5.41) is 0. The average molecular weight is 177 g/mol. The van der Waals surface area contributed by atoms with Crippen LogP contribution in [0.25, 0.3) is 0 Å². The second kappa shape index (κ2) is 2.72. The Labute approximate surface area is 78.6 Å². The highest BCUT2D eigenvalue weighted by Crippen LogP contribution is 2.38. The first kappa shape index (κ1) is 8.54. The zero-order valence-corrected chi connectivity index (χ0v) is 8.42. The molecule has 0 aliphatic heterocycles. The van der Waals surface area contributed by atoms with E-state index in [0.29, 0.717) is 6.04 Å². The van der Waals surface area contributed by atoms with Crippen LogP contribution in [-0.2, 0) is 0 Å². The first-order chi connectivity index (χ1) is 6.11. The Morgan fingerprint density at radius 3 is 2.46 bits per heavy atom. The highest BCUT2D eigenvalue weighted by molar-refractivity contribution is 5.95. The smallest absolute Gasteiger partial charge is 0.161 e. The Morgan fingerprint density at radius 1 is 1.46 bits per heavy atom. The van der Waals surface area contributed by atoms with Gasteiger partial charge in [0.2, 0.25) is 0 Å². The van der Waals surface area contributed by atoms with Crippen LogP contribution < -0.4 is 0 Å². The zero-order valence-electron chi connectivity index (χ0n) is 8.42. The fourth-order valence-electron chi connectivity index (χ4n) is 2.03. The maximum Gasteiger partial charge on any atom is 0.161 e. The summed E-state index contributed by atoms with van der Waals surface area (Å²) in [5.41, 5.74) is 3.27. The number of Topliss-reactive ketones (excluding diaryl/α,β-unsaturated/α-hetero) is 1. The van der Waals surface area contributed by atoms with Crippen molar-refractivity contribution in [2.45, 2.75) is 39.7 Å². The molecule has 0 spiro atoms. The van der Waals surface area contributed by atoms with Gasteiger partial charge in [0.05, 0.1) is 0 Å². The molecule has 0 atom stereocenters. The molecule has 0 radical (unpaired) electrons. The van der Waals surface area contributed by atoms with Crippen molar-refractivity contribution in [3.8, 4) is 0 Å². The van der Waals surface area contributed by atoms with Gasteiger partial charge in [0.15, 0.2) is 5.78 Å². The van der Waals surface area contributed by atoms with E-state index in [2.05, 4.69) is 11.5 Å². The van der Waals surface area contributed by atoms with Crippen molar-refractivity contribution in [1.29, 1.82) is 0 Å². The predicted molar refractivity (Wildman–Crippen MR) is 52.2 cm³/mol. The summed E-state index contributed by atoms with van der Waals surface area (Å²) in [6, 6.07) is 2.68. The van der Waals surface area contributed by atoms with Crippen molar-refractivity contribution in [1.82, 2.24) is 4.57 Å². The summed E-state index contributed by atoms with van der Waals surface area (Å²) < 4.78 is 2.30. The molecule has 1 aliphatic carbocycles. The van der Waals surface area contributed by atoms with Crippen LogP contribution in [0.4, 0.5) is 0 Å². The number of carbonyl (C=O) groups excluding carboxylic acids is 1. The first-order valence-corrected chi connectivity index (χ1v) is 4.80. The van der Waals surface area contributed by atoms with Crippen molar-refractivity contribution in [2.75, 3.05) is 0 Å². The third-order valence-corrected chi connectivity index (χ3v) is 2.78. The first-order valence-electron chi connectivity index (χ1n) is 4.80. The van der Waals surface area contributed by atoms with Crippen LogP contribution in [0.1, 0.15) is 47.6 Å². The molecule has 2 heteroatoms. The Kier molecular flexibility index (Phi) is 1.79. The molecular weight excluding hydrogens is 162 g/mol. The third kappa shape index (κ3) is 1.30. The highest BCUT2D eigenvalue weighted by Gasteiger charge is 2.27. The largest absolute Gasteiger partial charge is 0.345 e. The van der Waals surface area contributed by atoms with E-state index in [1.54, 1.807) is 6.92 Å². The fourth-order valence-corrected chi connectivity index (χ4v) is 2.03. The molecule has 13 heavy (non-hydrogen) atoms. The van der Waals surface area contributed by atoms with Crippen LogP contribution in [0.5, 0.6) is 0 Å². The SMILES string of the molecule is CC(=O)c1cc(C)n(C2CC2)c1C. The van der Waals surface area contributed by atoms with Crippen LogP contribution in [0, 0.1) is 13.8 Å². The number of carbonyl (C=O) groups is 1. The van der Waals surface area contributed by atoms with Crippen molar-refractivity contribution in [3.63, 3.8) is 0 Å². The fraction of sp³-hybridized carbons (Fsp3) is 0.545. The van der Waals surface area contributed by atoms with Crippen LogP contribution in [0.2, 0.25) is 0 Å². The third-order valence-electron chi connectivity index (χ3n) is 2.78. The topological polar surface area (TPSA) is 22.0 Å². The number of ketones is 1. The molecule has 2 nitrogen and oxygen atoms in total. The summed E-state index contributed by atoms with van der Waals surface area (Å²) in [4.78, 5) is 11.3. The van der Waals surface area contributed by atoms with Gasteiger partial charge < -0.3 is 4.57 Å². The van der Waals surface area contributed by atoms with Crippen LogP contribution in [-0.4, -0.2) is 10.4 Å². The summed E-state index contributed by atoms with van der Waals surface area (Å²) in [7, 11) is 0. The van der Waals surface area contributed by atoms with Gasteiger partial charge in [-0.15, -0.1) is 0 Å². The Bertz CT molecular complexity index is 358. The van der Waals surface area contributed by atoms with E-state index in [-0.39, 0.29) is 5.78 Å². The van der Waals surface area contributed by atoms with Crippen LogP contribution in [0.3, 0.4) is 0 Å². The van der Waals surface area contributed by atoms with Crippen molar-refractivity contribution in [3.05, 3.63) is 23.0 Å². The molecule has 0 aromatic carbocycles. The summed E-state index contributed by atoms with van der Waals surface area (Å²) in [6.07, 6.45) is 2.54. The molecule has 1 aliphatic rings. The molecular formula is C11H15NO. The van der Waals surface area contributed by atoms with Crippen LogP contribution >= 0.6 is 0 Å². The number of nitrogens with zero attached hydrogens (tertiary/aromatic N) is 1. The molecule has 0 N–H and O–H groups in total. The zero-order chi connectivity index (χ0) is 9.59. The molecule has 0 bridgehead atoms. The van der Waals surface area contributed by atoms with Gasteiger partial charge in [0.25, 0.3) is 0 Å². The maximum atomic E-state index is 11.3. The number of hydrogen-bond donors (Lipinski definition) is 0. The molecule has 1 aromatic heterocycles. The van der Waals surface area contributed by atoms with Crippen LogP contribution in [0.15, 0.2) is 6.07 Å². The van der Waals surface area contributed by atoms with Gasteiger partial charge in [-0.25, -0.2) is 0 Å². The lowest BCUT2D eigenvalue weighted by atomic mass is 10.2. The van der Waals surface area contributed by atoms with E-state index in [1.165, 1.54) is 18.5 Å². The van der Waals surface area contributed by atoms with Gasteiger partial charge in [-0.05, 0) is 39.7 Å². The number of aromatic nitrogens is 1. The minimum atomic E-state index is 0.181. The van der Waals surface area contributed by atoms with E-state index >= 15 is 0 Å².